The van der Waals surface area contributed by atoms with Crippen LogP contribution < -0.4 is 10.5 Å². The zero-order valence-electron chi connectivity index (χ0n) is 10.9. The number of hydrogen-bond acceptors (Lipinski definition) is 3. The maximum absolute atomic E-state index is 13.3. The van der Waals surface area contributed by atoms with Crippen molar-refractivity contribution >= 4 is 11.6 Å². The largest absolute Gasteiger partial charge is 0.573 e. The second kappa shape index (κ2) is 6.02. The van der Waals surface area contributed by atoms with Gasteiger partial charge >= 0.3 is 6.36 Å². The van der Waals surface area contributed by atoms with Crippen molar-refractivity contribution in [3.8, 4) is 11.5 Å². The molecule has 3 N–H and O–H groups in total. The molecule has 118 valence electrons. The number of halogens is 5. The lowest BCUT2D eigenvalue weighted by atomic mass is 9.98. The minimum absolute atomic E-state index is 0.0227. The van der Waals surface area contributed by atoms with Crippen LogP contribution in [0.2, 0.25) is 5.02 Å². The lowest BCUT2D eigenvalue weighted by Crippen LogP contribution is -2.17. The Morgan fingerprint density at radius 3 is 2.27 bits per heavy atom. The van der Waals surface area contributed by atoms with Gasteiger partial charge in [-0.25, -0.2) is 4.39 Å². The molecule has 0 saturated heterocycles. The number of phenols is 1. The number of rotatable bonds is 3. The number of alkyl halides is 3. The van der Waals surface area contributed by atoms with Crippen molar-refractivity contribution in [2.75, 3.05) is 0 Å². The third-order valence-electron chi connectivity index (χ3n) is 2.87. The number of hydrogen-bond donors (Lipinski definition) is 2. The molecule has 0 heterocycles. The van der Waals surface area contributed by atoms with Gasteiger partial charge in [0.2, 0.25) is 0 Å². The second-order valence-corrected chi connectivity index (χ2v) is 4.83. The van der Waals surface area contributed by atoms with Crippen molar-refractivity contribution < 1.29 is 27.4 Å². The maximum atomic E-state index is 13.3. The Kier molecular flexibility index (Phi) is 4.48. The first-order chi connectivity index (χ1) is 10.2. The van der Waals surface area contributed by atoms with Gasteiger partial charge < -0.3 is 15.6 Å². The van der Waals surface area contributed by atoms with Crippen molar-refractivity contribution in [1.29, 1.82) is 0 Å². The molecule has 2 aromatic carbocycles. The number of phenolic OH excluding ortho intramolecular Hbond substituents is 1. The van der Waals surface area contributed by atoms with Crippen LogP contribution in [-0.4, -0.2) is 11.5 Å². The van der Waals surface area contributed by atoms with E-state index in [0.717, 1.165) is 24.3 Å². The predicted octanol–water partition coefficient (Wildman–Crippen LogP) is 4.13. The molecule has 22 heavy (non-hydrogen) atoms. The topological polar surface area (TPSA) is 55.5 Å². The standard InChI is InChI=1S/C14H10ClF4NO2/c15-11-6-8(16)5-10(13(11)21)12(20)7-1-3-9(4-2-7)22-14(17,18)19/h1-6,12,21H,20H2/t12-/m1/s1. The zero-order valence-corrected chi connectivity index (χ0v) is 11.6. The molecular formula is C14H10ClF4NO2. The van der Waals surface area contributed by atoms with E-state index in [-0.39, 0.29) is 16.3 Å². The Balaban J connectivity index is 2.29. The third kappa shape index (κ3) is 3.80. The Morgan fingerprint density at radius 1 is 1.14 bits per heavy atom. The molecule has 0 aliphatic carbocycles. The van der Waals surface area contributed by atoms with Crippen molar-refractivity contribution in [1.82, 2.24) is 0 Å². The first-order valence-corrected chi connectivity index (χ1v) is 6.34. The minimum Gasteiger partial charge on any atom is -0.506 e. The number of aromatic hydroxyl groups is 1. The number of benzene rings is 2. The van der Waals surface area contributed by atoms with Crippen LogP contribution in [0.3, 0.4) is 0 Å². The van der Waals surface area contributed by atoms with Gasteiger partial charge in [-0.1, -0.05) is 23.7 Å². The fourth-order valence-electron chi connectivity index (χ4n) is 1.88. The quantitative estimate of drug-likeness (QED) is 0.829. The summed E-state index contributed by atoms with van der Waals surface area (Å²) in [6, 6.07) is 5.67. The molecule has 0 spiro atoms. The van der Waals surface area contributed by atoms with Gasteiger partial charge in [0, 0.05) is 5.56 Å². The summed E-state index contributed by atoms with van der Waals surface area (Å²) in [5, 5.41) is 9.60. The van der Waals surface area contributed by atoms with E-state index in [1.54, 1.807) is 0 Å². The van der Waals surface area contributed by atoms with E-state index < -0.39 is 24.0 Å². The van der Waals surface area contributed by atoms with Crippen molar-refractivity contribution in [3.63, 3.8) is 0 Å². The normalized spacial score (nSPS) is 13.0. The lowest BCUT2D eigenvalue weighted by Gasteiger charge is -2.16. The average Bonchev–Trinajstić information content (AvgIpc) is 2.41. The van der Waals surface area contributed by atoms with E-state index in [1.165, 1.54) is 12.1 Å². The SMILES string of the molecule is N[C@H](c1ccc(OC(F)(F)F)cc1)c1cc(F)cc(Cl)c1O. The van der Waals surface area contributed by atoms with Crippen LogP contribution in [-0.2, 0) is 0 Å². The second-order valence-electron chi connectivity index (χ2n) is 4.42. The van der Waals surface area contributed by atoms with E-state index in [1.807, 2.05) is 0 Å². The molecule has 0 radical (unpaired) electrons. The molecule has 0 aliphatic rings. The summed E-state index contributed by atoms with van der Waals surface area (Å²) in [5.41, 5.74) is 6.26. The van der Waals surface area contributed by atoms with Crippen LogP contribution in [0.15, 0.2) is 36.4 Å². The van der Waals surface area contributed by atoms with Crippen LogP contribution >= 0.6 is 11.6 Å². The summed E-state index contributed by atoms with van der Waals surface area (Å²) in [6.07, 6.45) is -4.79. The van der Waals surface area contributed by atoms with Crippen molar-refractivity contribution in [2.45, 2.75) is 12.4 Å². The van der Waals surface area contributed by atoms with Gasteiger partial charge in [0.15, 0.2) is 0 Å². The molecule has 0 unspecified atom stereocenters. The van der Waals surface area contributed by atoms with Crippen LogP contribution in [0.4, 0.5) is 17.6 Å². The van der Waals surface area contributed by atoms with Gasteiger partial charge in [0.05, 0.1) is 11.1 Å². The number of nitrogens with two attached hydrogens (primary N) is 1. The first-order valence-electron chi connectivity index (χ1n) is 5.96. The van der Waals surface area contributed by atoms with Gasteiger partial charge in [-0.3, -0.25) is 0 Å². The molecule has 0 aliphatic heterocycles. The average molecular weight is 336 g/mol. The molecule has 0 amide bonds. The van der Waals surface area contributed by atoms with Gasteiger partial charge in [0.1, 0.15) is 17.3 Å². The van der Waals surface area contributed by atoms with Crippen molar-refractivity contribution in [3.05, 3.63) is 58.4 Å². The van der Waals surface area contributed by atoms with E-state index >= 15 is 0 Å². The highest BCUT2D eigenvalue weighted by molar-refractivity contribution is 6.32. The Morgan fingerprint density at radius 2 is 1.73 bits per heavy atom. The lowest BCUT2D eigenvalue weighted by molar-refractivity contribution is -0.274. The highest BCUT2D eigenvalue weighted by Gasteiger charge is 2.31. The summed E-state index contributed by atoms with van der Waals surface area (Å²) in [5.74, 6) is -1.48. The van der Waals surface area contributed by atoms with Crippen molar-refractivity contribution in [2.24, 2.45) is 5.73 Å². The zero-order chi connectivity index (χ0) is 16.5. The molecule has 2 aromatic rings. The van der Waals surface area contributed by atoms with Gasteiger partial charge in [-0.2, -0.15) is 0 Å². The summed E-state index contributed by atoms with van der Waals surface area (Å²) in [4.78, 5) is 0. The van der Waals surface area contributed by atoms with Gasteiger partial charge in [0.25, 0.3) is 0 Å². The fourth-order valence-corrected chi connectivity index (χ4v) is 2.09. The molecular weight excluding hydrogens is 326 g/mol. The maximum Gasteiger partial charge on any atom is 0.573 e. The Hall–Kier alpha value is -1.99. The van der Waals surface area contributed by atoms with Crippen LogP contribution in [0, 0.1) is 5.82 Å². The predicted molar refractivity (Wildman–Crippen MR) is 72.2 cm³/mol. The molecule has 3 nitrogen and oxygen atoms in total. The Labute approximate surface area is 127 Å². The Bertz CT molecular complexity index is 674. The van der Waals surface area contributed by atoms with Crippen LogP contribution in [0.25, 0.3) is 0 Å². The van der Waals surface area contributed by atoms with Crippen LogP contribution in [0.1, 0.15) is 17.2 Å². The first kappa shape index (κ1) is 16.4. The third-order valence-corrected chi connectivity index (χ3v) is 3.15. The molecule has 2 rings (SSSR count). The smallest absolute Gasteiger partial charge is 0.506 e. The molecule has 0 aromatic heterocycles. The molecule has 0 fully saturated rings. The van der Waals surface area contributed by atoms with Gasteiger partial charge in [-0.05, 0) is 29.8 Å². The summed E-state index contributed by atoms with van der Waals surface area (Å²) < 4.78 is 53.3. The van der Waals surface area contributed by atoms with Gasteiger partial charge in [-0.15, -0.1) is 13.2 Å². The fraction of sp³-hybridized carbons (Fsp3) is 0.143. The summed E-state index contributed by atoms with van der Waals surface area (Å²) in [7, 11) is 0. The van der Waals surface area contributed by atoms with E-state index in [9.17, 15) is 22.7 Å². The van der Waals surface area contributed by atoms with E-state index in [2.05, 4.69) is 4.74 Å². The number of ether oxygens (including phenoxy) is 1. The minimum atomic E-state index is -4.79. The highest BCUT2D eigenvalue weighted by atomic mass is 35.5. The molecule has 8 heteroatoms. The van der Waals surface area contributed by atoms with E-state index in [0.29, 0.717) is 5.56 Å². The summed E-state index contributed by atoms with van der Waals surface area (Å²) in [6.45, 7) is 0. The molecule has 0 bridgehead atoms. The molecule has 1 atom stereocenters. The van der Waals surface area contributed by atoms with Crippen LogP contribution in [0.5, 0.6) is 11.5 Å². The highest BCUT2D eigenvalue weighted by Crippen LogP contribution is 2.35. The summed E-state index contributed by atoms with van der Waals surface area (Å²) >= 11 is 5.66. The molecule has 0 saturated carbocycles. The monoisotopic (exact) mass is 335 g/mol. The van der Waals surface area contributed by atoms with E-state index in [4.69, 9.17) is 17.3 Å².